The average molecular weight is 325 g/mol. The maximum atomic E-state index is 12.1. The lowest BCUT2D eigenvalue weighted by atomic mass is 10.3. The quantitative estimate of drug-likeness (QED) is 0.803. The number of thiophene rings is 1. The highest BCUT2D eigenvalue weighted by molar-refractivity contribution is 7.14. The lowest BCUT2D eigenvalue weighted by molar-refractivity contribution is -0.117. The highest BCUT2D eigenvalue weighted by Gasteiger charge is 2.20. The Bertz CT molecular complexity index is 510. The summed E-state index contributed by atoms with van der Waals surface area (Å²) in [4.78, 5) is 28.3. The van der Waals surface area contributed by atoms with Gasteiger partial charge < -0.3 is 15.0 Å². The molecule has 1 aromatic heterocycles. The molecule has 0 saturated carbocycles. The van der Waals surface area contributed by atoms with Crippen molar-refractivity contribution in [2.24, 2.45) is 0 Å². The third-order valence-corrected chi connectivity index (χ3v) is 4.53. The van der Waals surface area contributed by atoms with Crippen molar-refractivity contribution in [1.82, 2.24) is 9.80 Å². The Hall–Kier alpha value is -1.44. The topological polar surface area (TPSA) is 61.9 Å². The summed E-state index contributed by atoms with van der Waals surface area (Å²) in [6, 6.07) is 1.66. The second-order valence-electron chi connectivity index (χ2n) is 5.32. The molecule has 1 aliphatic heterocycles. The van der Waals surface area contributed by atoms with E-state index < -0.39 is 5.97 Å². The van der Waals surface area contributed by atoms with E-state index in [1.54, 1.807) is 11.4 Å². The molecule has 2 rings (SSSR count). The van der Waals surface area contributed by atoms with E-state index in [-0.39, 0.29) is 5.91 Å². The highest BCUT2D eigenvalue weighted by Crippen LogP contribution is 2.23. The minimum Gasteiger partial charge on any atom is -0.465 e. The van der Waals surface area contributed by atoms with Gasteiger partial charge in [0.1, 0.15) is 5.00 Å². The van der Waals surface area contributed by atoms with Crippen molar-refractivity contribution in [3.05, 3.63) is 17.0 Å². The monoisotopic (exact) mass is 325 g/mol. The van der Waals surface area contributed by atoms with Gasteiger partial charge in [-0.1, -0.05) is 6.92 Å². The SMILES string of the molecule is CCCN1CCN(CC(=O)Nc2sccc2C(=O)OC)CC1. The molecule has 22 heavy (non-hydrogen) atoms. The number of nitrogens with zero attached hydrogens (tertiary/aromatic N) is 2. The molecule has 1 fully saturated rings. The minimum atomic E-state index is -0.426. The predicted octanol–water partition coefficient (Wildman–Crippen LogP) is 1.50. The van der Waals surface area contributed by atoms with Crippen molar-refractivity contribution >= 4 is 28.2 Å². The van der Waals surface area contributed by atoms with Crippen molar-refractivity contribution in [2.45, 2.75) is 13.3 Å². The Labute approximate surface area is 135 Å². The molecule has 0 aliphatic carbocycles. The van der Waals surface area contributed by atoms with Crippen LogP contribution in [0.5, 0.6) is 0 Å². The molecule has 1 amide bonds. The Morgan fingerprint density at radius 3 is 2.59 bits per heavy atom. The summed E-state index contributed by atoms with van der Waals surface area (Å²) in [6.07, 6.45) is 1.16. The van der Waals surface area contributed by atoms with E-state index in [0.717, 1.165) is 39.1 Å². The van der Waals surface area contributed by atoms with Crippen LogP contribution in [0.3, 0.4) is 0 Å². The Morgan fingerprint density at radius 2 is 1.95 bits per heavy atom. The van der Waals surface area contributed by atoms with Gasteiger partial charge in [0.25, 0.3) is 0 Å². The molecule has 6 nitrogen and oxygen atoms in total. The van der Waals surface area contributed by atoms with Crippen LogP contribution in [0.2, 0.25) is 0 Å². The minimum absolute atomic E-state index is 0.0865. The summed E-state index contributed by atoms with van der Waals surface area (Å²) < 4.78 is 4.70. The fraction of sp³-hybridized carbons (Fsp3) is 0.600. The molecule has 0 bridgehead atoms. The van der Waals surface area contributed by atoms with Gasteiger partial charge in [-0.15, -0.1) is 11.3 Å². The first kappa shape index (κ1) is 16.9. The summed E-state index contributed by atoms with van der Waals surface area (Å²) >= 11 is 1.33. The molecule has 0 atom stereocenters. The van der Waals surface area contributed by atoms with Gasteiger partial charge in [-0.25, -0.2) is 4.79 Å². The third-order valence-electron chi connectivity index (χ3n) is 3.70. The van der Waals surface area contributed by atoms with Gasteiger partial charge in [0.15, 0.2) is 0 Å². The zero-order chi connectivity index (χ0) is 15.9. The largest absolute Gasteiger partial charge is 0.465 e. The molecule has 1 N–H and O–H groups in total. The number of nitrogens with one attached hydrogen (secondary N) is 1. The molecule has 0 radical (unpaired) electrons. The summed E-state index contributed by atoms with van der Waals surface area (Å²) in [5, 5.41) is 5.14. The molecule has 1 saturated heterocycles. The standard InChI is InChI=1S/C15H23N3O3S/c1-3-5-17-6-8-18(9-7-17)11-13(19)16-14-12(4-10-22-14)15(20)21-2/h4,10H,3,5-9,11H2,1-2H3,(H,16,19). The van der Waals surface area contributed by atoms with Crippen LogP contribution in [-0.2, 0) is 9.53 Å². The van der Waals surface area contributed by atoms with E-state index >= 15 is 0 Å². The zero-order valence-corrected chi connectivity index (χ0v) is 13.9. The number of methoxy groups -OCH3 is 1. The number of carbonyl (C=O) groups excluding carboxylic acids is 2. The molecule has 0 aromatic carbocycles. The van der Waals surface area contributed by atoms with Gasteiger partial charge in [0.2, 0.25) is 5.91 Å². The van der Waals surface area contributed by atoms with E-state index in [1.165, 1.54) is 18.4 Å². The number of ether oxygens (including phenoxy) is 1. The summed E-state index contributed by atoms with van der Waals surface area (Å²) in [6.45, 7) is 7.49. The fourth-order valence-corrected chi connectivity index (χ4v) is 3.32. The molecule has 0 spiro atoms. The molecule has 0 unspecified atom stereocenters. The van der Waals surface area contributed by atoms with Gasteiger partial charge in [0, 0.05) is 26.2 Å². The van der Waals surface area contributed by atoms with E-state index in [2.05, 4.69) is 22.0 Å². The highest BCUT2D eigenvalue weighted by atomic mass is 32.1. The Balaban J connectivity index is 1.82. The van der Waals surface area contributed by atoms with Crippen molar-refractivity contribution in [1.29, 1.82) is 0 Å². The van der Waals surface area contributed by atoms with Crippen LogP contribution >= 0.6 is 11.3 Å². The second kappa shape index (κ2) is 8.26. The first-order valence-electron chi connectivity index (χ1n) is 7.54. The first-order valence-corrected chi connectivity index (χ1v) is 8.42. The molecule has 7 heteroatoms. The lowest BCUT2D eigenvalue weighted by Crippen LogP contribution is -2.48. The summed E-state index contributed by atoms with van der Waals surface area (Å²) in [7, 11) is 1.33. The van der Waals surface area contributed by atoms with Gasteiger partial charge in [-0.2, -0.15) is 0 Å². The van der Waals surface area contributed by atoms with Gasteiger partial charge in [-0.3, -0.25) is 9.69 Å². The number of piperazine rings is 1. The summed E-state index contributed by atoms with van der Waals surface area (Å²) in [5.41, 5.74) is 0.411. The molecular weight excluding hydrogens is 302 g/mol. The average Bonchev–Trinajstić information content (AvgIpc) is 2.96. The maximum absolute atomic E-state index is 12.1. The zero-order valence-electron chi connectivity index (χ0n) is 13.1. The third kappa shape index (κ3) is 4.53. The smallest absolute Gasteiger partial charge is 0.340 e. The lowest BCUT2D eigenvalue weighted by Gasteiger charge is -2.34. The van der Waals surface area contributed by atoms with Crippen molar-refractivity contribution in [3.8, 4) is 0 Å². The van der Waals surface area contributed by atoms with Crippen molar-refractivity contribution < 1.29 is 14.3 Å². The second-order valence-corrected chi connectivity index (χ2v) is 6.24. The van der Waals surface area contributed by atoms with Crippen LogP contribution in [0.1, 0.15) is 23.7 Å². The van der Waals surface area contributed by atoms with Crippen LogP contribution < -0.4 is 5.32 Å². The number of anilines is 1. The van der Waals surface area contributed by atoms with Crippen molar-refractivity contribution in [3.63, 3.8) is 0 Å². The van der Waals surface area contributed by atoms with Crippen LogP contribution in [0.15, 0.2) is 11.4 Å². The van der Waals surface area contributed by atoms with E-state index in [4.69, 9.17) is 4.74 Å². The van der Waals surface area contributed by atoms with Crippen LogP contribution in [0.4, 0.5) is 5.00 Å². The van der Waals surface area contributed by atoms with Crippen LogP contribution in [-0.4, -0.2) is 68.1 Å². The molecule has 1 aliphatic rings. The normalized spacial score (nSPS) is 16.5. The fourth-order valence-electron chi connectivity index (χ4n) is 2.53. The van der Waals surface area contributed by atoms with Crippen molar-refractivity contribution in [2.75, 3.05) is 51.7 Å². The van der Waals surface area contributed by atoms with E-state index in [0.29, 0.717) is 17.1 Å². The number of rotatable bonds is 6. The van der Waals surface area contributed by atoms with Crippen LogP contribution in [0, 0.1) is 0 Å². The van der Waals surface area contributed by atoms with Gasteiger partial charge in [-0.05, 0) is 24.4 Å². The first-order chi connectivity index (χ1) is 10.6. The predicted molar refractivity (Wildman–Crippen MR) is 87.5 cm³/mol. The number of hydrogen-bond donors (Lipinski definition) is 1. The number of esters is 1. The number of carbonyl (C=O) groups is 2. The van der Waals surface area contributed by atoms with E-state index in [1.807, 2.05) is 0 Å². The molecular formula is C15H23N3O3S. The van der Waals surface area contributed by atoms with E-state index in [9.17, 15) is 9.59 Å². The summed E-state index contributed by atoms with van der Waals surface area (Å²) in [5.74, 6) is -0.513. The molecule has 122 valence electrons. The number of hydrogen-bond acceptors (Lipinski definition) is 6. The Kier molecular flexibility index (Phi) is 6.35. The van der Waals surface area contributed by atoms with Crippen LogP contribution in [0.25, 0.3) is 0 Å². The maximum Gasteiger partial charge on any atom is 0.340 e. The molecule has 1 aromatic rings. The van der Waals surface area contributed by atoms with Gasteiger partial charge >= 0.3 is 5.97 Å². The molecule has 2 heterocycles. The number of amides is 1. The van der Waals surface area contributed by atoms with Gasteiger partial charge in [0.05, 0.1) is 19.2 Å². The Morgan fingerprint density at radius 1 is 1.27 bits per heavy atom.